The number of aliphatic hydroxyl groups is 1. The number of carbonyl (C=O) groups is 4. The van der Waals surface area contributed by atoms with Gasteiger partial charge < -0.3 is 26.0 Å². The third kappa shape index (κ3) is 5.84. The molecule has 2 heterocycles. The fourth-order valence-corrected chi connectivity index (χ4v) is 6.83. The molecular formula is C25H40N4O8S. The number of amides is 4. The Labute approximate surface area is 223 Å². The maximum Gasteiger partial charge on any atom is 0.294 e. The molecule has 0 radical (unpaired) electrons. The number of carbonyl (C=O) groups excluding carboxylic acids is 4. The highest BCUT2D eigenvalue weighted by Crippen LogP contribution is 2.65. The van der Waals surface area contributed by atoms with E-state index in [1.54, 1.807) is 0 Å². The van der Waals surface area contributed by atoms with Gasteiger partial charge in [-0.2, -0.15) is 8.42 Å². The van der Waals surface area contributed by atoms with E-state index >= 15 is 0 Å². The minimum atomic E-state index is -4.95. The molecule has 2 aliphatic carbocycles. The van der Waals surface area contributed by atoms with Crippen LogP contribution in [-0.4, -0.2) is 83.3 Å². The molecular weight excluding hydrogens is 516 g/mol. The molecule has 4 amide bonds. The minimum Gasteiger partial charge on any atom is -0.374 e. The molecule has 0 bridgehead atoms. The minimum absolute atomic E-state index is 0.0478. The van der Waals surface area contributed by atoms with E-state index in [4.69, 9.17) is 0 Å². The van der Waals surface area contributed by atoms with Gasteiger partial charge in [0, 0.05) is 24.9 Å². The molecule has 4 fully saturated rings. The number of likely N-dealkylation sites (tertiary alicyclic amines) is 1. The molecule has 0 aromatic carbocycles. The van der Waals surface area contributed by atoms with Gasteiger partial charge in [0.25, 0.3) is 10.1 Å². The highest BCUT2D eigenvalue weighted by atomic mass is 32.2. The maximum absolute atomic E-state index is 13.7. The molecule has 12 nitrogen and oxygen atoms in total. The van der Waals surface area contributed by atoms with Crippen LogP contribution in [0.5, 0.6) is 0 Å². The molecule has 2 aliphatic heterocycles. The lowest BCUT2D eigenvalue weighted by Gasteiger charge is -2.35. The number of hydrogen-bond donors (Lipinski definition) is 5. The summed E-state index contributed by atoms with van der Waals surface area (Å²) in [5.74, 6) is -2.27. The molecule has 4 rings (SSSR count). The van der Waals surface area contributed by atoms with Gasteiger partial charge in [-0.15, -0.1) is 0 Å². The van der Waals surface area contributed by atoms with Crippen molar-refractivity contribution < 1.29 is 37.3 Å². The van der Waals surface area contributed by atoms with E-state index in [2.05, 4.69) is 16.0 Å². The highest BCUT2D eigenvalue weighted by molar-refractivity contribution is 7.86. The van der Waals surface area contributed by atoms with Crippen LogP contribution in [-0.2, 0) is 29.3 Å². The van der Waals surface area contributed by atoms with E-state index in [1.807, 2.05) is 27.7 Å². The summed E-state index contributed by atoms with van der Waals surface area (Å²) in [6, 6.07) is -3.19. The van der Waals surface area contributed by atoms with Crippen molar-refractivity contribution in [2.75, 3.05) is 13.1 Å². The molecule has 0 spiro atoms. The standard InChI is InChI=1S/C25H40N4O8S/c1-12(2)9-16(27-21(31)13-5-6-13)23(33)29-11-15-18(25(15,3)4)19(29)22(32)28-17(24(34)38(35,36)37)10-14-7-8-26-20(14)30/h12-19,24,34H,5-11H2,1-4H3,(H,26,30)(H,27,31)(H,28,32)(H,35,36,37)/t14-,15-,16-,17-,18-,19-,24?/m0/s1. The van der Waals surface area contributed by atoms with E-state index in [0.29, 0.717) is 25.9 Å². The summed E-state index contributed by atoms with van der Waals surface area (Å²) < 4.78 is 33.1. The zero-order valence-electron chi connectivity index (χ0n) is 22.3. The van der Waals surface area contributed by atoms with E-state index in [0.717, 1.165) is 12.8 Å². The second kappa shape index (κ2) is 10.4. The monoisotopic (exact) mass is 556 g/mol. The van der Waals surface area contributed by atoms with Crippen LogP contribution in [0.15, 0.2) is 0 Å². The first-order valence-corrected chi connectivity index (χ1v) is 15.0. The number of aliphatic hydroxyl groups excluding tert-OH is 1. The number of nitrogens with one attached hydrogen (secondary N) is 3. The largest absolute Gasteiger partial charge is 0.374 e. The zero-order chi connectivity index (χ0) is 28.2. The fourth-order valence-electron chi connectivity index (χ4n) is 6.24. The third-order valence-electron chi connectivity index (χ3n) is 8.71. The smallest absolute Gasteiger partial charge is 0.294 e. The summed E-state index contributed by atoms with van der Waals surface area (Å²) >= 11 is 0. The van der Waals surface area contributed by atoms with Gasteiger partial charge in [-0.05, 0) is 55.3 Å². The van der Waals surface area contributed by atoms with Crippen molar-refractivity contribution in [3.63, 3.8) is 0 Å². The lowest BCUT2D eigenvalue weighted by molar-refractivity contribution is -0.144. The SMILES string of the molecule is CC(C)C[C@H](NC(=O)C1CC1)C(=O)N1C[C@H]2[C@@H]([C@H]1C(=O)N[C@@H](C[C@@H]1CCNC1=O)C(O)S(=O)(=O)O)C2(C)C. The Bertz CT molecular complexity index is 1090. The van der Waals surface area contributed by atoms with Gasteiger partial charge in [-0.1, -0.05) is 27.7 Å². The van der Waals surface area contributed by atoms with E-state index in [1.165, 1.54) is 4.90 Å². The molecule has 7 atom stereocenters. The van der Waals surface area contributed by atoms with Gasteiger partial charge in [0.2, 0.25) is 29.1 Å². The van der Waals surface area contributed by atoms with Crippen LogP contribution < -0.4 is 16.0 Å². The van der Waals surface area contributed by atoms with Gasteiger partial charge in [0.15, 0.2) is 0 Å². The molecule has 5 N–H and O–H groups in total. The molecule has 4 aliphatic rings. The average Bonchev–Trinajstić information content (AvgIpc) is 3.63. The maximum atomic E-state index is 13.7. The number of piperidine rings is 1. The highest BCUT2D eigenvalue weighted by Gasteiger charge is 2.69. The van der Waals surface area contributed by atoms with Crippen molar-refractivity contribution in [3.05, 3.63) is 0 Å². The summed E-state index contributed by atoms with van der Waals surface area (Å²) in [6.45, 7) is 8.59. The van der Waals surface area contributed by atoms with Gasteiger partial charge in [0.1, 0.15) is 12.1 Å². The van der Waals surface area contributed by atoms with Gasteiger partial charge in [-0.3, -0.25) is 23.7 Å². The van der Waals surface area contributed by atoms with Crippen molar-refractivity contribution >= 4 is 33.7 Å². The Kier molecular flexibility index (Phi) is 7.85. The first kappa shape index (κ1) is 28.8. The summed E-state index contributed by atoms with van der Waals surface area (Å²) in [5.41, 5.74) is -2.56. The predicted molar refractivity (Wildman–Crippen MR) is 136 cm³/mol. The predicted octanol–water partition coefficient (Wildman–Crippen LogP) is -0.372. The van der Waals surface area contributed by atoms with Crippen molar-refractivity contribution in [2.24, 2.45) is 35.0 Å². The lowest BCUT2D eigenvalue weighted by Crippen LogP contribution is -2.58. The molecule has 2 saturated carbocycles. The van der Waals surface area contributed by atoms with Crippen LogP contribution in [0.4, 0.5) is 0 Å². The Morgan fingerprint density at radius 3 is 2.32 bits per heavy atom. The average molecular weight is 557 g/mol. The van der Waals surface area contributed by atoms with Crippen LogP contribution in [0.3, 0.4) is 0 Å². The Morgan fingerprint density at radius 2 is 1.79 bits per heavy atom. The number of nitrogens with zero attached hydrogens (tertiary/aromatic N) is 1. The van der Waals surface area contributed by atoms with Crippen LogP contribution in [0.2, 0.25) is 0 Å². The Balaban J connectivity index is 1.55. The summed E-state index contributed by atoms with van der Waals surface area (Å²) in [7, 11) is -4.95. The summed E-state index contributed by atoms with van der Waals surface area (Å²) in [5, 5.41) is 18.4. The zero-order valence-corrected chi connectivity index (χ0v) is 23.2. The van der Waals surface area contributed by atoms with Gasteiger partial charge >= 0.3 is 0 Å². The van der Waals surface area contributed by atoms with E-state index < -0.39 is 45.5 Å². The second-order valence-corrected chi connectivity index (χ2v) is 13.9. The second-order valence-electron chi connectivity index (χ2n) is 12.4. The van der Waals surface area contributed by atoms with Crippen LogP contribution >= 0.6 is 0 Å². The van der Waals surface area contributed by atoms with Crippen LogP contribution in [0.25, 0.3) is 0 Å². The molecule has 13 heteroatoms. The van der Waals surface area contributed by atoms with Gasteiger partial charge in [-0.25, -0.2) is 0 Å². The Morgan fingerprint density at radius 1 is 1.13 bits per heavy atom. The number of fused-ring (bicyclic) bond motifs is 1. The topological polar surface area (TPSA) is 182 Å². The molecule has 38 heavy (non-hydrogen) atoms. The first-order valence-electron chi connectivity index (χ1n) is 13.5. The number of hydrogen-bond acceptors (Lipinski definition) is 7. The molecule has 1 unspecified atom stereocenters. The van der Waals surface area contributed by atoms with Crippen molar-refractivity contribution in [1.82, 2.24) is 20.9 Å². The molecule has 214 valence electrons. The Hall–Kier alpha value is -2.25. The van der Waals surface area contributed by atoms with Gasteiger partial charge in [0.05, 0.1) is 6.04 Å². The van der Waals surface area contributed by atoms with E-state index in [9.17, 15) is 37.3 Å². The molecule has 2 saturated heterocycles. The summed E-state index contributed by atoms with van der Waals surface area (Å²) in [6.07, 6.45) is 2.19. The van der Waals surface area contributed by atoms with Crippen LogP contribution in [0, 0.1) is 35.0 Å². The quantitative estimate of drug-likeness (QED) is 0.214. The van der Waals surface area contributed by atoms with Crippen molar-refractivity contribution in [2.45, 2.75) is 83.4 Å². The number of rotatable bonds is 11. The molecule has 0 aromatic rings. The normalized spacial score (nSPS) is 30.3. The first-order chi connectivity index (χ1) is 17.6. The fraction of sp³-hybridized carbons (Fsp3) is 0.840. The van der Waals surface area contributed by atoms with Crippen LogP contribution in [0.1, 0.15) is 59.8 Å². The lowest BCUT2D eigenvalue weighted by atomic mass is 9.96. The van der Waals surface area contributed by atoms with E-state index in [-0.39, 0.29) is 53.2 Å². The summed E-state index contributed by atoms with van der Waals surface area (Å²) in [4.78, 5) is 53.5. The molecule has 0 aromatic heterocycles. The third-order valence-corrected chi connectivity index (χ3v) is 9.65. The van der Waals surface area contributed by atoms with Crippen molar-refractivity contribution in [1.29, 1.82) is 0 Å². The van der Waals surface area contributed by atoms with Crippen molar-refractivity contribution in [3.8, 4) is 0 Å².